The van der Waals surface area contributed by atoms with E-state index >= 15 is 0 Å². The molecule has 93 valence electrons. The molecule has 3 nitrogen and oxygen atoms in total. The van der Waals surface area contributed by atoms with E-state index in [-0.39, 0.29) is 0 Å². The van der Waals surface area contributed by atoms with Gasteiger partial charge < -0.3 is 4.74 Å². The molecule has 0 amide bonds. The van der Waals surface area contributed by atoms with Crippen molar-refractivity contribution in [3.05, 3.63) is 60.7 Å². The number of benzene rings is 2. The molecular weight excluding hydrogens is 236 g/mol. The lowest BCUT2D eigenvalue weighted by molar-refractivity contribution is 0.416. The van der Waals surface area contributed by atoms with Crippen LogP contribution in [0.1, 0.15) is 0 Å². The number of para-hydroxylation sites is 1. The summed E-state index contributed by atoms with van der Waals surface area (Å²) in [5.41, 5.74) is 3.89. The topological polar surface area (TPSA) is 37.9 Å². The van der Waals surface area contributed by atoms with E-state index in [0.717, 1.165) is 28.3 Å². The molecule has 3 aromatic rings. The van der Waals surface area contributed by atoms with Crippen LogP contribution < -0.4 is 4.74 Å². The van der Waals surface area contributed by atoms with Crippen molar-refractivity contribution in [2.24, 2.45) is 0 Å². The molecule has 19 heavy (non-hydrogen) atoms. The van der Waals surface area contributed by atoms with Crippen molar-refractivity contribution in [3.8, 4) is 28.3 Å². The number of rotatable bonds is 3. The number of ether oxygens (including phenoxy) is 1. The molecule has 0 saturated heterocycles. The SMILES string of the molecule is COc1ccccc1-c1cc(-c2c[c]ccc2)n[nH]1. The lowest BCUT2D eigenvalue weighted by Crippen LogP contribution is -1.87. The van der Waals surface area contributed by atoms with E-state index in [1.54, 1.807) is 7.11 Å². The zero-order valence-electron chi connectivity index (χ0n) is 10.6. The fourth-order valence-corrected chi connectivity index (χ4v) is 2.03. The van der Waals surface area contributed by atoms with Gasteiger partial charge in [-0.15, -0.1) is 0 Å². The molecular formula is C16H13N2O. The number of aromatic amines is 1. The Bertz CT molecular complexity index is 674. The maximum absolute atomic E-state index is 5.36. The minimum Gasteiger partial charge on any atom is -0.496 e. The van der Waals surface area contributed by atoms with Gasteiger partial charge in [0.1, 0.15) is 5.75 Å². The summed E-state index contributed by atoms with van der Waals surface area (Å²) in [6, 6.07) is 20.7. The number of nitrogens with zero attached hydrogens (tertiary/aromatic N) is 1. The Kier molecular flexibility index (Phi) is 3.02. The Hall–Kier alpha value is -2.55. The van der Waals surface area contributed by atoms with Crippen molar-refractivity contribution in [2.75, 3.05) is 7.11 Å². The highest BCUT2D eigenvalue weighted by Crippen LogP contribution is 2.30. The zero-order valence-corrected chi connectivity index (χ0v) is 10.6. The van der Waals surface area contributed by atoms with Crippen LogP contribution >= 0.6 is 0 Å². The van der Waals surface area contributed by atoms with Crippen LogP contribution in [0, 0.1) is 6.07 Å². The zero-order chi connectivity index (χ0) is 13.1. The summed E-state index contributed by atoms with van der Waals surface area (Å²) in [5.74, 6) is 0.831. The van der Waals surface area contributed by atoms with Crippen LogP contribution in [0.15, 0.2) is 54.6 Å². The molecule has 1 heterocycles. The molecule has 0 saturated carbocycles. The molecule has 0 unspecified atom stereocenters. The van der Waals surface area contributed by atoms with E-state index in [2.05, 4.69) is 16.3 Å². The second-order valence-electron chi connectivity index (χ2n) is 4.16. The lowest BCUT2D eigenvalue weighted by atomic mass is 10.1. The van der Waals surface area contributed by atoms with Crippen molar-refractivity contribution in [3.63, 3.8) is 0 Å². The van der Waals surface area contributed by atoms with Crippen molar-refractivity contribution in [1.29, 1.82) is 0 Å². The third kappa shape index (κ3) is 2.22. The van der Waals surface area contributed by atoms with Gasteiger partial charge in [0.2, 0.25) is 0 Å². The van der Waals surface area contributed by atoms with Gasteiger partial charge in [0, 0.05) is 11.1 Å². The summed E-state index contributed by atoms with van der Waals surface area (Å²) in [4.78, 5) is 0. The normalized spacial score (nSPS) is 10.4. The number of nitrogens with one attached hydrogen (secondary N) is 1. The number of hydrogen-bond donors (Lipinski definition) is 1. The van der Waals surface area contributed by atoms with E-state index in [1.807, 2.05) is 54.6 Å². The number of H-pyrrole nitrogens is 1. The highest BCUT2D eigenvalue weighted by Gasteiger charge is 2.09. The molecule has 0 spiro atoms. The first-order chi connectivity index (χ1) is 9.38. The molecule has 2 aromatic carbocycles. The van der Waals surface area contributed by atoms with Crippen LogP contribution in [0.25, 0.3) is 22.5 Å². The van der Waals surface area contributed by atoms with Gasteiger partial charge in [0.25, 0.3) is 0 Å². The predicted molar refractivity (Wildman–Crippen MR) is 74.8 cm³/mol. The smallest absolute Gasteiger partial charge is 0.128 e. The monoisotopic (exact) mass is 249 g/mol. The molecule has 3 heteroatoms. The second-order valence-corrected chi connectivity index (χ2v) is 4.16. The van der Waals surface area contributed by atoms with Crippen LogP contribution in [-0.2, 0) is 0 Å². The van der Waals surface area contributed by atoms with E-state index in [9.17, 15) is 0 Å². The van der Waals surface area contributed by atoms with Gasteiger partial charge in [-0.3, -0.25) is 5.10 Å². The quantitative estimate of drug-likeness (QED) is 0.770. The van der Waals surface area contributed by atoms with E-state index in [1.165, 1.54) is 0 Å². The van der Waals surface area contributed by atoms with Gasteiger partial charge >= 0.3 is 0 Å². The molecule has 0 fully saturated rings. The van der Waals surface area contributed by atoms with Crippen LogP contribution in [-0.4, -0.2) is 17.3 Å². The van der Waals surface area contributed by atoms with E-state index in [4.69, 9.17) is 4.74 Å². The number of hydrogen-bond acceptors (Lipinski definition) is 2. The van der Waals surface area contributed by atoms with Gasteiger partial charge in [-0.1, -0.05) is 30.3 Å². The fourth-order valence-electron chi connectivity index (χ4n) is 2.03. The molecule has 0 bridgehead atoms. The van der Waals surface area contributed by atoms with Crippen molar-refractivity contribution >= 4 is 0 Å². The van der Waals surface area contributed by atoms with Gasteiger partial charge in [-0.2, -0.15) is 5.10 Å². The van der Waals surface area contributed by atoms with Crippen LogP contribution in [0.5, 0.6) is 5.75 Å². The summed E-state index contributed by atoms with van der Waals surface area (Å²) in [6.07, 6.45) is 0. The summed E-state index contributed by atoms with van der Waals surface area (Å²) in [6.45, 7) is 0. The highest BCUT2D eigenvalue weighted by atomic mass is 16.5. The molecule has 0 aliphatic rings. The Morgan fingerprint density at radius 1 is 1.16 bits per heavy atom. The van der Waals surface area contributed by atoms with Crippen LogP contribution in [0.3, 0.4) is 0 Å². The summed E-state index contributed by atoms with van der Waals surface area (Å²) < 4.78 is 5.36. The summed E-state index contributed by atoms with van der Waals surface area (Å²) in [5, 5.41) is 7.39. The minimum atomic E-state index is 0.831. The first-order valence-electron chi connectivity index (χ1n) is 6.04. The average molecular weight is 249 g/mol. The maximum atomic E-state index is 5.36. The Labute approximate surface area is 111 Å². The summed E-state index contributed by atoms with van der Waals surface area (Å²) in [7, 11) is 1.67. The average Bonchev–Trinajstić information content (AvgIpc) is 2.98. The minimum absolute atomic E-state index is 0.831. The van der Waals surface area contributed by atoms with Gasteiger partial charge in [0.05, 0.1) is 18.5 Å². The second kappa shape index (κ2) is 4.98. The third-order valence-electron chi connectivity index (χ3n) is 2.98. The van der Waals surface area contributed by atoms with Gasteiger partial charge in [-0.05, 0) is 30.3 Å². The first kappa shape index (κ1) is 11.5. The Morgan fingerprint density at radius 3 is 2.84 bits per heavy atom. The molecule has 0 atom stereocenters. The maximum Gasteiger partial charge on any atom is 0.128 e. The molecule has 3 rings (SSSR count). The van der Waals surface area contributed by atoms with Crippen LogP contribution in [0.2, 0.25) is 0 Å². The van der Waals surface area contributed by atoms with E-state index in [0.29, 0.717) is 0 Å². The standard InChI is InChI=1S/C16H13N2O/c1-19-16-10-6-5-9-13(16)15-11-14(17-18-15)12-7-3-2-4-8-12/h2-3,5-11H,1H3,(H,17,18). The molecule has 1 N–H and O–H groups in total. The van der Waals surface area contributed by atoms with Crippen LogP contribution in [0.4, 0.5) is 0 Å². The van der Waals surface area contributed by atoms with Crippen molar-refractivity contribution in [1.82, 2.24) is 10.2 Å². The Balaban J connectivity index is 2.02. The summed E-state index contributed by atoms with van der Waals surface area (Å²) >= 11 is 0. The van der Waals surface area contributed by atoms with E-state index < -0.39 is 0 Å². The molecule has 0 aliphatic heterocycles. The molecule has 1 aromatic heterocycles. The van der Waals surface area contributed by atoms with Crippen molar-refractivity contribution < 1.29 is 4.74 Å². The van der Waals surface area contributed by atoms with Gasteiger partial charge in [0.15, 0.2) is 0 Å². The molecule has 0 aliphatic carbocycles. The Morgan fingerprint density at radius 2 is 2.05 bits per heavy atom. The fraction of sp³-hybridized carbons (Fsp3) is 0.0625. The molecule has 1 radical (unpaired) electrons. The third-order valence-corrected chi connectivity index (χ3v) is 2.98. The number of methoxy groups -OCH3 is 1. The predicted octanol–water partition coefficient (Wildman–Crippen LogP) is 3.55. The highest BCUT2D eigenvalue weighted by molar-refractivity contribution is 5.72. The van der Waals surface area contributed by atoms with Gasteiger partial charge in [-0.25, -0.2) is 0 Å². The van der Waals surface area contributed by atoms with Crippen molar-refractivity contribution in [2.45, 2.75) is 0 Å². The lowest BCUT2D eigenvalue weighted by Gasteiger charge is -2.04. The largest absolute Gasteiger partial charge is 0.496 e. The first-order valence-corrected chi connectivity index (χ1v) is 6.04. The number of aromatic nitrogens is 2.